The van der Waals surface area contributed by atoms with Crippen LogP contribution in [0.15, 0.2) is 0 Å². The average molecular weight is 438 g/mol. The molecule has 0 aromatic carbocycles. The molecule has 3 atom stereocenters. The van der Waals surface area contributed by atoms with Gasteiger partial charge in [0.25, 0.3) is 0 Å². The molecule has 0 aliphatic carbocycles. The lowest BCUT2D eigenvalue weighted by Crippen LogP contribution is -2.59. The number of rotatable bonds is 10. The Morgan fingerprint density at radius 2 is 1.58 bits per heavy atom. The van der Waals surface area contributed by atoms with Crippen molar-refractivity contribution in [1.29, 1.82) is 0 Å². The van der Waals surface area contributed by atoms with Crippen molar-refractivity contribution in [1.82, 2.24) is 4.57 Å². The second-order valence-electron chi connectivity index (χ2n) is 9.59. The van der Waals surface area contributed by atoms with Gasteiger partial charge < -0.3 is 22.0 Å². The summed E-state index contributed by atoms with van der Waals surface area (Å²) in [6.45, 7) is 17.8. The van der Waals surface area contributed by atoms with Gasteiger partial charge in [-0.25, -0.2) is 0 Å². The second kappa shape index (κ2) is 9.00. The molecule has 26 heavy (non-hydrogen) atoms. The molecule has 1 rings (SSSR count). The van der Waals surface area contributed by atoms with Gasteiger partial charge in [-0.2, -0.15) is 0 Å². The lowest BCUT2D eigenvalue weighted by Gasteiger charge is -2.43. The van der Waals surface area contributed by atoms with Crippen molar-refractivity contribution >= 4 is 33.7 Å². The molecule has 0 amide bonds. The van der Waals surface area contributed by atoms with Crippen LogP contribution in [-0.4, -0.2) is 73.2 Å². The number of hydrogen-bond acceptors (Lipinski definition) is 5. The SMILES string of the molecule is CO[Si](OC)(OC)C(C)[Si](C)(C)O[Si](C)(C)CC[Si]1(C)CC(C)CN1C. The minimum absolute atomic E-state index is 0.198. The summed E-state index contributed by atoms with van der Waals surface area (Å²) in [6, 6.07) is 4.03. The molecule has 0 aromatic heterocycles. The highest BCUT2D eigenvalue weighted by molar-refractivity contribution is 6.93. The maximum atomic E-state index is 6.94. The molecular formula is C17H43NO4Si4. The standard InChI is InChI=1S/C17H43NO4Si4/c1-16-14-18(3)25(11,15-16)13-12-23(7,8)22-24(9,10)17(2)26(19-4,20-5)21-6/h16-17H,12-15H2,1-11H3. The van der Waals surface area contributed by atoms with Crippen molar-refractivity contribution in [2.45, 2.75) is 69.9 Å². The first-order valence-corrected chi connectivity index (χ1v) is 20.6. The van der Waals surface area contributed by atoms with Gasteiger partial charge in [-0.05, 0) is 63.8 Å². The van der Waals surface area contributed by atoms with Gasteiger partial charge in [0.05, 0.1) is 0 Å². The third kappa shape index (κ3) is 5.60. The molecule has 0 N–H and O–H groups in total. The van der Waals surface area contributed by atoms with Crippen molar-refractivity contribution in [3.05, 3.63) is 0 Å². The van der Waals surface area contributed by atoms with Crippen LogP contribution in [0.4, 0.5) is 0 Å². The molecule has 0 aromatic rings. The Labute approximate surface area is 166 Å². The Morgan fingerprint density at radius 1 is 1.08 bits per heavy atom. The lowest BCUT2D eigenvalue weighted by atomic mass is 10.2. The summed E-state index contributed by atoms with van der Waals surface area (Å²) < 4.78 is 26.9. The van der Waals surface area contributed by atoms with Crippen molar-refractivity contribution in [3.63, 3.8) is 0 Å². The molecule has 0 spiro atoms. The van der Waals surface area contributed by atoms with Gasteiger partial charge in [0.1, 0.15) is 8.24 Å². The highest BCUT2D eigenvalue weighted by Gasteiger charge is 2.55. The maximum absolute atomic E-state index is 6.94. The van der Waals surface area contributed by atoms with Gasteiger partial charge in [0, 0.05) is 26.5 Å². The van der Waals surface area contributed by atoms with Gasteiger partial charge in [-0.3, -0.25) is 0 Å². The quantitative estimate of drug-likeness (QED) is 0.474. The van der Waals surface area contributed by atoms with Gasteiger partial charge in [0.2, 0.25) is 0 Å². The first kappa shape index (κ1) is 24.7. The van der Waals surface area contributed by atoms with Crippen LogP contribution in [0.2, 0.25) is 56.0 Å². The molecule has 1 fully saturated rings. The minimum atomic E-state index is -2.68. The van der Waals surface area contributed by atoms with Crippen molar-refractivity contribution in [2.24, 2.45) is 5.92 Å². The van der Waals surface area contributed by atoms with Crippen LogP contribution >= 0.6 is 0 Å². The maximum Gasteiger partial charge on any atom is 0.502 e. The molecular weight excluding hydrogens is 395 g/mol. The summed E-state index contributed by atoms with van der Waals surface area (Å²) in [5.41, 5.74) is 0. The molecule has 1 saturated heterocycles. The molecule has 5 nitrogen and oxygen atoms in total. The third-order valence-electron chi connectivity index (χ3n) is 6.53. The van der Waals surface area contributed by atoms with E-state index >= 15 is 0 Å². The van der Waals surface area contributed by atoms with Gasteiger partial charge in [-0.1, -0.05) is 20.4 Å². The molecule has 0 radical (unpaired) electrons. The van der Waals surface area contributed by atoms with E-state index in [0.29, 0.717) is 0 Å². The topological polar surface area (TPSA) is 40.2 Å². The highest BCUT2D eigenvalue weighted by atomic mass is 28.5. The smallest absolute Gasteiger partial charge is 0.455 e. The van der Waals surface area contributed by atoms with Gasteiger partial charge >= 0.3 is 8.80 Å². The van der Waals surface area contributed by atoms with E-state index in [2.05, 4.69) is 58.2 Å². The fourth-order valence-electron chi connectivity index (χ4n) is 4.58. The highest BCUT2D eigenvalue weighted by Crippen LogP contribution is 2.39. The zero-order valence-corrected chi connectivity index (χ0v) is 23.1. The lowest BCUT2D eigenvalue weighted by molar-refractivity contribution is 0.119. The molecule has 156 valence electrons. The van der Waals surface area contributed by atoms with Crippen LogP contribution in [-0.2, 0) is 17.4 Å². The van der Waals surface area contributed by atoms with E-state index in [4.69, 9.17) is 17.4 Å². The largest absolute Gasteiger partial charge is 0.502 e. The van der Waals surface area contributed by atoms with Gasteiger partial charge in [0.15, 0.2) is 16.6 Å². The van der Waals surface area contributed by atoms with E-state index in [-0.39, 0.29) is 5.16 Å². The summed E-state index contributed by atoms with van der Waals surface area (Å²) in [7, 11) is -0.308. The minimum Gasteiger partial charge on any atom is -0.455 e. The Kier molecular flexibility index (Phi) is 8.55. The monoisotopic (exact) mass is 437 g/mol. The van der Waals surface area contributed by atoms with E-state index in [0.717, 1.165) is 5.92 Å². The summed E-state index contributed by atoms with van der Waals surface area (Å²) >= 11 is 0. The van der Waals surface area contributed by atoms with Crippen molar-refractivity contribution in [2.75, 3.05) is 34.9 Å². The van der Waals surface area contributed by atoms with E-state index < -0.39 is 33.7 Å². The van der Waals surface area contributed by atoms with Crippen molar-refractivity contribution < 1.29 is 17.4 Å². The molecule has 1 aliphatic heterocycles. The Balaban J connectivity index is 2.80. The predicted octanol–water partition coefficient (Wildman–Crippen LogP) is 4.38. The third-order valence-corrected chi connectivity index (χ3v) is 25.7. The van der Waals surface area contributed by atoms with Crippen LogP contribution in [0.5, 0.6) is 0 Å². The van der Waals surface area contributed by atoms with Crippen LogP contribution in [0.3, 0.4) is 0 Å². The fourth-order valence-corrected chi connectivity index (χ4v) is 25.8. The van der Waals surface area contributed by atoms with Crippen LogP contribution in [0.25, 0.3) is 0 Å². The average Bonchev–Trinajstić information content (AvgIpc) is 2.79. The molecule has 0 bridgehead atoms. The zero-order valence-electron chi connectivity index (χ0n) is 19.1. The summed E-state index contributed by atoms with van der Waals surface area (Å²) in [5.74, 6) is 0.852. The zero-order chi connectivity index (χ0) is 20.4. The fraction of sp³-hybridized carbons (Fsp3) is 1.00. The van der Waals surface area contributed by atoms with Crippen LogP contribution in [0.1, 0.15) is 13.8 Å². The summed E-state index contributed by atoms with van der Waals surface area (Å²) in [4.78, 5) is 0. The molecule has 0 saturated carbocycles. The normalized spacial score (nSPS) is 27.1. The Bertz CT molecular complexity index is 454. The van der Waals surface area contributed by atoms with Crippen LogP contribution in [0, 0.1) is 5.92 Å². The summed E-state index contributed by atoms with van der Waals surface area (Å²) in [6.07, 6.45) is 0. The van der Waals surface area contributed by atoms with E-state index in [9.17, 15) is 0 Å². The van der Waals surface area contributed by atoms with Crippen molar-refractivity contribution in [3.8, 4) is 0 Å². The van der Waals surface area contributed by atoms with E-state index in [1.165, 1.54) is 24.7 Å². The van der Waals surface area contributed by atoms with Crippen LogP contribution < -0.4 is 0 Å². The Morgan fingerprint density at radius 3 is 1.96 bits per heavy atom. The molecule has 3 unspecified atom stereocenters. The molecule has 1 heterocycles. The van der Waals surface area contributed by atoms with E-state index in [1.807, 2.05) is 0 Å². The first-order chi connectivity index (χ1) is 11.8. The van der Waals surface area contributed by atoms with Gasteiger partial charge in [-0.15, -0.1) is 0 Å². The molecule has 1 aliphatic rings. The second-order valence-corrected chi connectivity index (χ2v) is 27.0. The predicted molar refractivity (Wildman–Crippen MR) is 120 cm³/mol. The van der Waals surface area contributed by atoms with E-state index in [1.54, 1.807) is 21.3 Å². The molecule has 9 heteroatoms. The number of hydrogen-bond donors (Lipinski definition) is 0. The first-order valence-electron chi connectivity index (χ1n) is 9.84. The summed E-state index contributed by atoms with van der Waals surface area (Å²) in [5, 5.41) is 0.198. The Hall–Kier alpha value is 0.668. The number of nitrogens with zero attached hydrogens (tertiary/aromatic N) is 1.